The van der Waals surface area contributed by atoms with Crippen molar-refractivity contribution in [3.8, 4) is 16.9 Å². The van der Waals surface area contributed by atoms with Crippen LogP contribution in [0, 0.1) is 17.7 Å². The standard InChI is InChI=1S/C30H28FN3O3/c1-37-24-8-6-21-12-20(4-5-22(21)13-24)23-7-9-25(26(31)14-23)27-32-30(10-11-30)29(36)34(27)17-18-15-33(16-18)28(35)19-2-3-19/h4-9,12-14,18-19H,2-3,10-11,15-17H2,1H3. The Morgan fingerprint density at radius 3 is 2.43 bits per heavy atom. The number of methoxy groups -OCH3 is 1. The fraction of sp³-hybridized carbons (Fsp3) is 0.367. The molecule has 37 heavy (non-hydrogen) atoms. The molecule has 3 fully saturated rings. The van der Waals surface area contributed by atoms with Crippen LogP contribution in [0.2, 0.25) is 0 Å². The van der Waals surface area contributed by atoms with Crippen molar-refractivity contribution in [2.75, 3.05) is 26.7 Å². The van der Waals surface area contributed by atoms with Crippen LogP contribution in [0.5, 0.6) is 5.75 Å². The van der Waals surface area contributed by atoms with E-state index in [1.165, 1.54) is 6.07 Å². The van der Waals surface area contributed by atoms with Gasteiger partial charge in [0.15, 0.2) is 0 Å². The summed E-state index contributed by atoms with van der Waals surface area (Å²) in [4.78, 5) is 33.9. The van der Waals surface area contributed by atoms with E-state index < -0.39 is 5.54 Å². The third-order valence-electron chi connectivity index (χ3n) is 8.17. The fourth-order valence-electron chi connectivity index (χ4n) is 5.60. The minimum atomic E-state index is -0.701. The molecule has 0 atom stereocenters. The summed E-state index contributed by atoms with van der Waals surface area (Å²) in [5.74, 6) is 1.46. The number of ether oxygens (including phenoxy) is 1. The molecule has 188 valence electrons. The Bertz CT molecular complexity index is 1480. The molecule has 0 unspecified atom stereocenters. The maximum absolute atomic E-state index is 15.6. The second kappa shape index (κ2) is 8.13. The molecule has 3 aromatic carbocycles. The molecule has 0 bridgehead atoms. The average Bonchev–Trinajstić information content (AvgIpc) is 3.81. The third-order valence-corrected chi connectivity index (χ3v) is 8.17. The lowest BCUT2D eigenvalue weighted by Gasteiger charge is -2.41. The molecule has 0 radical (unpaired) electrons. The van der Waals surface area contributed by atoms with Gasteiger partial charge >= 0.3 is 0 Å². The number of amidine groups is 1. The average molecular weight is 498 g/mol. The molecule has 7 rings (SSSR count). The van der Waals surface area contributed by atoms with E-state index in [0.717, 1.165) is 40.5 Å². The summed E-state index contributed by atoms with van der Waals surface area (Å²) in [6.45, 7) is 1.80. The molecule has 1 spiro atoms. The number of hydrogen-bond acceptors (Lipinski definition) is 4. The highest BCUT2D eigenvalue weighted by Crippen LogP contribution is 2.46. The topological polar surface area (TPSA) is 62.2 Å². The minimum absolute atomic E-state index is 0.0251. The Balaban J connectivity index is 1.13. The van der Waals surface area contributed by atoms with Gasteiger partial charge in [-0.15, -0.1) is 0 Å². The smallest absolute Gasteiger partial charge is 0.256 e. The molecule has 2 aliphatic heterocycles. The summed E-state index contributed by atoms with van der Waals surface area (Å²) in [6, 6.07) is 17.1. The monoisotopic (exact) mass is 497 g/mol. The predicted molar refractivity (Wildman–Crippen MR) is 139 cm³/mol. The van der Waals surface area contributed by atoms with Gasteiger partial charge in [-0.25, -0.2) is 4.39 Å². The summed E-state index contributed by atoms with van der Waals surface area (Å²) in [5.41, 5.74) is 1.34. The number of benzene rings is 3. The number of amides is 2. The van der Waals surface area contributed by atoms with Crippen molar-refractivity contribution in [1.29, 1.82) is 0 Å². The largest absolute Gasteiger partial charge is 0.497 e. The van der Waals surface area contributed by atoms with E-state index in [1.807, 2.05) is 47.4 Å². The van der Waals surface area contributed by atoms with Crippen molar-refractivity contribution in [3.05, 3.63) is 66.0 Å². The number of aliphatic imine (C=N–C) groups is 1. The van der Waals surface area contributed by atoms with Crippen LogP contribution in [0.3, 0.4) is 0 Å². The first kappa shape index (κ1) is 22.5. The molecule has 4 aliphatic rings. The number of carbonyl (C=O) groups is 2. The van der Waals surface area contributed by atoms with E-state index in [1.54, 1.807) is 18.1 Å². The van der Waals surface area contributed by atoms with Crippen molar-refractivity contribution in [1.82, 2.24) is 9.80 Å². The Morgan fingerprint density at radius 1 is 1.03 bits per heavy atom. The normalized spacial score (nSPS) is 20.4. The summed E-state index contributed by atoms with van der Waals surface area (Å²) in [7, 11) is 1.64. The van der Waals surface area contributed by atoms with Crippen LogP contribution in [0.1, 0.15) is 31.2 Å². The number of nitrogens with zero attached hydrogens (tertiary/aromatic N) is 3. The lowest BCUT2D eigenvalue weighted by atomic mass is 9.97. The molecular weight excluding hydrogens is 469 g/mol. The van der Waals surface area contributed by atoms with E-state index in [2.05, 4.69) is 0 Å². The van der Waals surface area contributed by atoms with Gasteiger partial charge in [0.1, 0.15) is 22.9 Å². The van der Waals surface area contributed by atoms with Crippen molar-refractivity contribution < 1.29 is 18.7 Å². The molecule has 2 amide bonds. The highest BCUT2D eigenvalue weighted by Gasteiger charge is 2.58. The maximum atomic E-state index is 15.6. The Kier molecular flexibility index (Phi) is 4.94. The number of halogens is 1. The molecule has 0 aromatic heterocycles. The highest BCUT2D eigenvalue weighted by atomic mass is 19.1. The van der Waals surface area contributed by atoms with E-state index in [9.17, 15) is 9.59 Å². The highest BCUT2D eigenvalue weighted by molar-refractivity contribution is 6.16. The molecule has 3 aromatic rings. The zero-order valence-corrected chi connectivity index (χ0v) is 20.7. The van der Waals surface area contributed by atoms with Crippen LogP contribution in [0.15, 0.2) is 59.6 Å². The SMILES string of the molecule is COc1ccc2cc(-c3ccc(C4=NC5(CC5)C(=O)N4CC4CN(C(=O)C5CC5)C4)c(F)c3)ccc2c1. The number of rotatable bonds is 6. The third kappa shape index (κ3) is 3.79. The first-order valence-corrected chi connectivity index (χ1v) is 13.0. The zero-order chi connectivity index (χ0) is 25.3. The van der Waals surface area contributed by atoms with Crippen LogP contribution in [0.25, 0.3) is 21.9 Å². The van der Waals surface area contributed by atoms with Gasteiger partial charge in [0.2, 0.25) is 5.91 Å². The van der Waals surface area contributed by atoms with Gasteiger partial charge in [-0.2, -0.15) is 0 Å². The molecule has 0 N–H and O–H groups in total. The van der Waals surface area contributed by atoms with E-state index in [-0.39, 0.29) is 29.5 Å². The summed E-state index contributed by atoms with van der Waals surface area (Å²) >= 11 is 0. The molecule has 1 saturated heterocycles. The van der Waals surface area contributed by atoms with E-state index in [4.69, 9.17) is 9.73 Å². The van der Waals surface area contributed by atoms with E-state index in [0.29, 0.717) is 43.9 Å². The number of carbonyl (C=O) groups excluding carboxylic acids is 2. The van der Waals surface area contributed by atoms with Gasteiger partial charge in [0.05, 0.1) is 12.7 Å². The molecule has 2 heterocycles. The van der Waals surface area contributed by atoms with Crippen LogP contribution in [0.4, 0.5) is 4.39 Å². The lowest BCUT2D eigenvalue weighted by molar-refractivity contribution is -0.139. The van der Waals surface area contributed by atoms with E-state index >= 15 is 4.39 Å². The first-order valence-electron chi connectivity index (χ1n) is 13.0. The number of hydrogen-bond donors (Lipinski definition) is 0. The molecule has 2 saturated carbocycles. The number of likely N-dealkylation sites (tertiary alicyclic amines) is 1. The predicted octanol–water partition coefficient (Wildman–Crippen LogP) is 4.64. The lowest BCUT2D eigenvalue weighted by Crippen LogP contribution is -2.55. The Hall–Kier alpha value is -3.74. The summed E-state index contributed by atoms with van der Waals surface area (Å²) in [5, 5.41) is 2.10. The summed E-state index contributed by atoms with van der Waals surface area (Å²) < 4.78 is 20.9. The quantitative estimate of drug-likeness (QED) is 0.498. The Labute approximate surface area is 214 Å². The van der Waals surface area contributed by atoms with Gasteiger partial charge in [-0.1, -0.05) is 24.3 Å². The van der Waals surface area contributed by atoms with Gasteiger partial charge in [-0.05, 0) is 77.9 Å². The van der Waals surface area contributed by atoms with Gasteiger partial charge in [-0.3, -0.25) is 19.5 Å². The van der Waals surface area contributed by atoms with Crippen LogP contribution >= 0.6 is 0 Å². The van der Waals surface area contributed by atoms with Crippen molar-refractivity contribution in [3.63, 3.8) is 0 Å². The van der Waals surface area contributed by atoms with Crippen LogP contribution in [-0.2, 0) is 9.59 Å². The van der Waals surface area contributed by atoms with Crippen LogP contribution < -0.4 is 4.74 Å². The summed E-state index contributed by atoms with van der Waals surface area (Å²) in [6.07, 6.45) is 3.41. The molecule has 7 heteroatoms. The van der Waals surface area contributed by atoms with Gasteiger partial charge in [0, 0.05) is 31.5 Å². The molecule has 2 aliphatic carbocycles. The Morgan fingerprint density at radius 2 is 1.73 bits per heavy atom. The van der Waals surface area contributed by atoms with Gasteiger partial charge < -0.3 is 9.64 Å². The molecule has 6 nitrogen and oxygen atoms in total. The van der Waals surface area contributed by atoms with Gasteiger partial charge in [0.25, 0.3) is 5.91 Å². The van der Waals surface area contributed by atoms with Crippen LogP contribution in [-0.4, -0.2) is 59.7 Å². The number of fused-ring (bicyclic) bond motifs is 1. The minimum Gasteiger partial charge on any atom is -0.497 e. The maximum Gasteiger partial charge on any atom is 0.256 e. The fourth-order valence-corrected chi connectivity index (χ4v) is 5.60. The van der Waals surface area contributed by atoms with Crippen molar-refractivity contribution in [2.24, 2.45) is 16.8 Å². The molecular formula is C30H28FN3O3. The second-order valence-electron chi connectivity index (χ2n) is 10.9. The second-order valence-corrected chi connectivity index (χ2v) is 10.9. The van der Waals surface area contributed by atoms with Crippen molar-refractivity contribution in [2.45, 2.75) is 31.2 Å². The first-order chi connectivity index (χ1) is 17.9. The van der Waals surface area contributed by atoms with Crippen molar-refractivity contribution >= 4 is 28.4 Å². The zero-order valence-electron chi connectivity index (χ0n) is 20.7.